The Morgan fingerprint density at radius 2 is 1.70 bits per heavy atom. The highest BCUT2D eigenvalue weighted by Crippen LogP contribution is 2.41. The minimum Gasteiger partial charge on any atom is -0.493 e. The second kappa shape index (κ2) is 9.71. The lowest BCUT2D eigenvalue weighted by molar-refractivity contribution is -0.127. The van der Waals surface area contributed by atoms with E-state index in [1.165, 1.54) is 0 Å². The summed E-state index contributed by atoms with van der Waals surface area (Å²) in [4.78, 5) is 12.9. The van der Waals surface area contributed by atoms with Crippen LogP contribution in [0.25, 0.3) is 21.7 Å². The Balaban J connectivity index is 1.26. The molecule has 1 aliphatic heterocycles. The molecule has 7 nitrogen and oxygen atoms in total. The summed E-state index contributed by atoms with van der Waals surface area (Å²) in [6, 6.07) is 27.3. The van der Waals surface area contributed by atoms with Gasteiger partial charge in [0.15, 0.2) is 17.2 Å². The normalized spacial score (nSPS) is 15.0. The number of hydrogen-bond acceptors (Lipinski definition) is 5. The molecule has 1 amide bonds. The fourth-order valence-corrected chi connectivity index (χ4v) is 4.91. The minimum absolute atomic E-state index is 0.0273. The number of halogens is 1. The average Bonchev–Trinajstić information content (AvgIpc) is 3.18. The molecule has 2 heterocycles. The fraction of sp³-hybridized carbons (Fsp3) is 0.138. The van der Waals surface area contributed by atoms with Crippen molar-refractivity contribution in [1.29, 1.82) is 0 Å². The molecular formula is C29H22BrN3O4. The number of ether oxygens (including phenoxy) is 2. The van der Waals surface area contributed by atoms with Crippen LogP contribution in [-0.2, 0) is 17.8 Å². The van der Waals surface area contributed by atoms with Crippen LogP contribution in [0.5, 0.6) is 17.4 Å². The molecule has 0 spiro atoms. The molecule has 0 saturated heterocycles. The predicted octanol–water partition coefficient (Wildman–Crippen LogP) is 6.96. The molecule has 0 aliphatic carbocycles. The highest BCUT2D eigenvalue weighted by molar-refractivity contribution is 9.10. The first-order valence-corrected chi connectivity index (χ1v) is 12.7. The second-order valence-corrected chi connectivity index (χ2v) is 9.74. The van der Waals surface area contributed by atoms with Crippen molar-refractivity contribution in [3.63, 3.8) is 0 Å². The lowest BCUT2D eigenvalue weighted by Crippen LogP contribution is -2.35. The topological polar surface area (TPSA) is 85.4 Å². The summed E-state index contributed by atoms with van der Waals surface area (Å²) in [5.74, 6) is 0.447. The smallest absolute Gasteiger partial charge is 0.308 e. The van der Waals surface area contributed by atoms with Gasteiger partial charge in [0.05, 0.1) is 5.52 Å². The number of aromatic hydroxyl groups is 1. The molecule has 37 heavy (non-hydrogen) atoms. The summed E-state index contributed by atoms with van der Waals surface area (Å²) in [5, 5.41) is 21.9. The van der Waals surface area contributed by atoms with Gasteiger partial charge >= 0.3 is 5.91 Å². The highest BCUT2D eigenvalue weighted by Gasteiger charge is 2.28. The number of benzene rings is 4. The molecule has 6 rings (SSSR count). The van der Waals surface area contributed by atoms with E-state index in [1.807, 2.05) is 84.9 Å². The van der Waals surface area contributed by atoms with Crippen molar-refractivity contribution in [3.05, 3.63) is 95.0 Å². The van der Waals surface area contributed by atoms with E-state index in [0.717, 1.165) is 32.7 Å². The summed E-state index contributed by atoms with van der Waals surface area (Å²) >= 11 is 3.48. The minimum atomic E-state index is -0.933. The first-order valence-electron chi connectivity index (χ1n) is 11.9. The van der Waals surface area contributed by atoms with Crippen LogP contribution in [0, 0.1) is 0 Å². The van der Waals surface area contributed by atoms with Gasteiger partial charge in [-0.15, -0.1) is 10.2 Å². The van der Waals surface area contributed by atoms with E-state index in [-0.39, 0.29) is 18.2 Å². The summed E-state index contributed by atoms with van der Waals surface area (Å²) in [5.41, 5.74) is 2.19. The number of rotatable bonds is 5. The molecule has 0 fully saturated rings. The summed E-state index contributed by atoms with van der Waals surface area (Å²) < 4.78 is 14.3. The van der Waals surface area contributed by atoms with E-state index in [2.05, 4.69) is 26.2 Å². The average molecular weight is 556 g/mol. The third-order valence-corrected chi connectivity index (χ3v) is 6.93. The Labute approximate surface area is 221 Å². The van der Waals surface area contributed by atoms with Crippen LogP contribution in [0.15, 0.2) is 99.6 Å². The fourth-order valence-electron chi connectivity index (χ4n) is 4.55. The van der Waals surface area contributed by atoms with Crippen molar-refractivity contribution in [3.8, 4) is 17.4 Å². The number of amides is 1. The molecule has 8 heteroatoms. The first kappa shape index (κ1) is 23.2. The van der Waals surface area contributed by atoms with Crippen LogP contribution in [-0.4, -0.2) is 28.3 Å². The van der Waals surface area contributed by atoms with E-state index < -0.39 is 12.0 Å². The maximum atomic E-state index is 12.9. The van der Waals surface area contributed by atoms with E-state index in [1.54, 1.807) is 4.57 Å². The molecule has 1 aliphatic rings. The second-order valence-electron chi connectivity index (χ2n) is 8.82. The van der Waals surface area contributed by atoms with Crippen molar-refractivity contribution < 1.29 is 19.4 Å². The summed E-state index contributed by atoms with van der Waals surface area (Å²) in [6.45, 7) is 0.571. The SMILES string of the molecule is O=C(N=Nc1c(O)n(CCc2ccccc2)c2ccc(Br)cc12)[C@@H]1COc2cc3ccccc3cc2O1. The van der Waals surface area contributed by atoms with Gasteiger partial charge in [-0.05, 0) is 53.1 Å². The molecule has 1 atom stereocenters. The van der Waals surface area contributed by atoms with Crippen molar-refractivity contribution in [1.82, 2.24) is 4.57 Å². The number of azo groups is 1. The van der Waals surface area contributed by atoms with Crippen molar-refractivity contribution in [2.75, 3.05) is 6.61 Å². The third-order valence-electron chi connectivity index (χ3n) is 6.43. The van der Waals surface area contributed by atoms with E-state index in [4.69, 9.17) is 9.47 Å². The van der Waals surface area contributed by atoms with E-state index in [0.29, 0.717) is 23.4 Å². The molecular weight excluding hydrogens is 534 g/mol. The highest BCUT2D eigenvalue weighted by atomic mass is 79.9. The molecule has 0 bridgehead atoms. The van der Waals surface area contributed by atoms with Crippen LogP contribution in [0.3, 0.4) is 0 Å². The summed E-state index contributed by atoms with van der Waals surface area (Å²) in [6.07, 6.45) is -0.205. The van der Waals surface area contributed by atoms with Crippen molar-refractivity contribution in [2.24, 2.45) is 10.2 Å². The van der Waals surface area contributed by atoms with Crippen LogP contribution >= 0.6 is 15.9 Å². The zero-order valence-electron chi connectivity index (χ0n) is 19.7. The Morgan fingerprint density at radius 1 is 0.973 bits per heavy atom. The van der Waals surface area contributed by atoms with Gasteiger partial charge in [0.25, 0.3) is 0 Å². The Kier molecular flexibility index (Phi) is 6.10. The number of fused-ring (bicyclic) bond motifs is 3. The van der Waals surface area contributed by atoms with Crippen molar-refractivity contribution >= 4 is 49.2 Å². The molecule has 0 radical (unpaired) electrons. The number of carbonyl (C=O) groups is 1. The summed E-state index contributed by atoms with van der Waals surface area (Å²) in [7, 11) is 0. The lowest BCUT2D eigenvalue weighted by atomic mass is 10.1. The third kappa shape index (κ3) is 4.56. The zero-order chi connectivity index (χ0) is 25.4. The van der Waals surface area contributed by atoms with Crippen LogP contribution < -0.4 is 9.47 Å². The van der Waals surface area contributed by atoms with Crippen LogP contribution in [0.4, 0.5) is 5.69 Å². The number of aromatic nitrogens is 1. The van der Waals surface area contributed by atoms with Gasteiger partial charge < -0.3 is 19.1 Å². The van der Waals surface area contributed by atoms with Gasteiger partial charge in [-0.25, -0.2) is 0 Å². The largest absolute Gasteiger partial charge is 0.493 e. The van der Waals surface area contributed by atoms with Crippen LogP contribution in [0.1, 0.15) is 5.56 Å². The molecule has 4 aromatic carbocycles. The predicted molar refractivity (Wildman–Crippen MR) is 145 cm³/mol. The Morgan fingerprint density at radius 3 is 2.49 bits per heavy atom. The van der Waals surface area contributed by atoms with E-state index >= 15 is 0 Å². The number of nitrogens with zero attached hydrogens (tertiary/aromatic N) is 3. The van der Waals surface area contributed by atoms with Gasteiger partial charge in [0.2, 0.25) is 12.0 Å². The molecule has 1 aromatic heterocycles. The standard InChI is InChI=1S/C29H22BrN3O4/c30-21-10-11-23-22(16-21)27(29(35)33(23)13-12-18-6-2-1-3-7-18)31-32-28(34)26-17-36-24-14-19-8-4-5-9-20(19)15-25(24)37-26/h1-11,14-16,26,35H,12-13,17H2/t26-/m0/s1. The maximum absolute atomic E-state index is 12.9. The van der Waals surface area contributed by atoms with E-state index in [9.17, 15) is 9.90 Å². The van der Waals surface area contributed by atoms with Gasteiger partial charge in [-0.2, -0.15) is 0 Å². The van der Waals surface area contributed by atoms with Gasteiger partial charge in [-0.3, -0.25) is 4.79 Å². The quantitative estimate of drug-likeness (QED) is 0.237. The molecule has 184 valence electrons. The number of aryl methyl sites for hydroxylation is 2. The maximum Gasteiger partial charge on any atom is 0.308 e. The monoisotopic (exact) mass is 555 g/mol. The Bertz CT molecular complexity index is 1660. The first-order chi connectivity index (χ1) is 18.1. The van der Waals surface area contributed by atoms with Crippen molar-refractivity contribution in [2.45, 2.75) is 19.1 Å². The van der Waals surface area contributed by atoms with Gasteiger partial charge in [0, 0.05) is 16.4 Å². The molecule has 5 aromatic rings. The number of carbonyl (C=O) groups excluding carboxylic acids is 1. The Hall–Kier alpha value is -4.17. The zero-order valence-corrected chi connectivity index (χ0v) is 21.3. The lowest BCUT2D eigenvalue weighted by Gasteiger charge is -2.24. The number of hydrogen-bond donors (Lipinski definition) is 1. The molecule has 1 N–H and O–H groups in total. The molecule has 0 saturated carbocycles. The van der Waals surface area contributed by atoms with Gasteiger partial charge in [-0.1, -0.05) is 70.5 Å². The molecule has 0 unspecified atom stereocenters. The van der Waals surface area contributed by atoms with Gasteiger partial charge in [0.1, 0.15) is 6.61 Å². The van der Waals surface area contributed by atoms with Crippen LogP contribution in [0.2, 0.25) is 0 Å².